The molecule has 0 aromatic carbocycles. The van der Waals surface area contributed by atoms with E-state index in [-0.39, 0.29) is 0 Å². The molecule has 0 radical (unpaired) electrons. The first-order valence-corrected chi connectivity index (χ1v) is 7.82. The highest BCUT2D eigenvalue weighted by Gasteiger charge is 2.29. The fourth-order valence-corrected chi connectivity index (χ4v) is 3.78. The monoisotopic (exact) mass is 238 g/mol. The van der Waals surface area contributed by atoms with Crippen molar-refractivity contribution in [2.24, 2.45) is 5.92 Å². The minimum absolute atomic E-state index is 0.850. The molecule has 0 bridgehead atoms. The largest absolute Gasteiger partial charge is 0.314 e. The molecule has 2 heteroatoms. The SMILES string of the molecule is CCCC(CC)N1CCC(C2CCCN2)CC1. The van der Waals surface area contributed by atoms with Gasteiger partial charge in [-0.2, -0.15) is 0 Å². The smallest absolute Gasteiger partial charge is 0.00967 e. The van der Waals surface area contributed by atoms with Gasteiger partial charge in [0.25, 0.3) is 0 Å². The van der Waals surface area contributed by atoms with E-state index in [1.807, 2.05) is 0 Å². The molecule has 0 aromatic rings. The minimum atomic E-state index is 0.850. The Kier molecular flexibility index (Phi) is 5.30. The first-order chi connectivity index (χ1) is 8.35. The molecular weight excluding hydrogens is 208 g/mol. The Bertz CT molecular complexity index is 203. The van der Waals surface area contributed by atoms with E-state index in [9.17, 15) is 0 Å². The normalized spacial score (nSPS) is 29.6. The second-order valence-electron chi connectivity index (χ2n) is 5.93. The molecule has 2 rings (SSSR count). The summed E-state index contributed by atoms with van der Waals surface area (Å²) in [7, 11) is 0. The zero-order valence-corrected chi connectivity index (χ0v) is 11.8. The van der Waals surface area contributed by atoms with Crippen LogP contribution in [-0.4, -0.2) is 36.6 Å². The van der Waals surface area contributed by atoms with Crippen LogP contribution in [0.4, 0.5) is 0 Å². The number of nitrogens with one attached hydrogen (secondary N) is 1. The molecule has 0 spiro atoms. The summed E-state index contributed by atoms with van der Waals surface area (Å²) in [6.45, 7) is 8.63. The number of rotatable bonds is 5. The third kappa shape index (κ3) is 3.45. The summed E-state index contributed by atoms with van der Waals surface area (Å²) in [5.41, 5.74) is 0. The van der Waals surface area contributed by atoms with Gasteiger partial charge in [-0.1, -0.05) is 20.3 Å². The van der Waals surface area contributed by atoms with Gasteiger partial charge in [-0.3, -0.25) is 0 Å². The van der Waals surface area contributed by atoms with E-state index >= 15 is 0 Å². The second kappa shape index (κ2) is 6.75. The Balaban J connectivity index is 1.76. The predicted molar refractivity (Wildman–Crippen MR) is 74.3 cm³/mol. The molecular formula is C15H30N2. The van der Waals surface area contributed by atoms with Gasteiger partial charge in [0.05, 0.1) is 0 Å². The highest BCUT2D eigenvalue weighted by atomic mass is 15.2. The summed E-state index contributed by atoms with van der Waals surface area (Å²) in [4.78, 5) is 2.76. The molecule has 2 saturated heterocycles. The van der Waals surface area contributed by atoms with Crippen LogP contribution >= 0.6 is 0 Å². The summed E-state index contributed by atoms with van der Waals surface area (Å²) in [5, 5.41) is 3.69. The van der Waals surface area contributed by atoms with Crippen molar-refractivity contribution in [1.29, 1.82) is 0 Å². The van der Waals surface area contributed by atoms with E-state index < -0.39 is 0 Å². The number of likely N-dealkylation sites (tertiary alicyclic amines) is 1. The molecule has 2 unspecified atom stereocenters. The molecule has 100 valence electrons. The van der Waals surface area contributed by atoms with Gasteiger partial charge < -0.3 is 10.2 Å². The van der Waals surface area contributed by atoms with Crippen molar-refractivity contribution in [1.82, 2.24) is 10.2 Å². The minimum Gasteiger partial charge on any atom is -0.314 e. The summed E-state index contributed by atoms with van der Waals surface area (Å²) in [6, 6.07) is 1.71. The topological polar surface area (TPSA) is 15.3 Å². The standard InChI is InChI=1S/C15H30N2/c1-3-6-14(4-2)17-11-8-13(9-12-17)15-7-5-10-16-15/h13-16H,3-12H2,1-2H3. The zero-order valence-electron chi connectivity index (χ0n) is 11.8. The average Bonchev–Trinajstić information content (AvgIpc) is 2.90. The lowest BCUT2D eigenvalue weighted by atomic mass is 9.87. The molecule has 2 atom stereocenters. The lowest BCUT2D eigenvalue weighted by Crippen LogP contribution is -2.45. The van der Waals surface area contributed by atoms with E-state index in [0.717, 1.165) is 18.0 Å². The third-order valence-corrected chi connectivity index (χ3v) is 4.85. The predicted octanol–water partition coefficient (Wildman–Crippen LogP) is 3.03. The van der Waals surface area contributed by atoms with Gasteiger partial charge in [-0.25, -0.2) is 0 Å². The summed E-state index contributed by atoms with van der Waals surface area (Å²) in [6.07, 6.45) is 9.75. The number of nitrogens with zero attached hydrogens (tertiary/aromatic N) is 1. The fourth-order valence-electron chi connectivity index (χ4n) is 3.78. The van der Waals surface area contributed by atoms with Crippen LogP contribution in [0.2, 0.25) is 0 Å². The van der Waals surface area contributed by atoms with Gasteiger partial charge in [-0.15, -0.1) is 0 Å². The molecule has 2 aliphatic rings. The highest BCUT2D eigenvalue weighted by Crippen LogP contribution is 2.27. The lowest BCUT2D eigenvalue weighted by Gasteiger charge is -2.39. The molecule has 0 aliphatic carbocycles. The van der Waals surface area contributed by atoms with Crippen molar-refractivity contribution in [3.8, 4) is 0 Å². The lowest BCUT2D eigenvalue weighted by molar-refractivity contribution is 0.110. The Morgan fingerprint density at radius 3 is 2.47 bits per heavy atom. The quantitative estimate of drug-likeness (QED) is 0.792. The van der Waals surface area contributed by atoms with Crippen molar-refractivity contribution in [2.75, 3.05) is 19.6 Å². The Morgan fingerprint density at radius 1 is 1.18 bits per heavy atom. The van der Waals surface area contributed by atoms with E-state index in [2.05, 4.69) is 24.1 Å². The van der Waals surface area contributed by atoms with Gasteiger partial charge in [0.15, 0.2) is 0 Å². The molecule has 0 aromatic heterocycles. The third-order valence-electron chi connectivity index (χ3n) is 4.85. The van der Waals surface area contributed by atoms with Crippen LogP contribution in [0.25, 0.3) is 0 Å². The molecule has 2 fully saturated rings. The van der Waals surface area contributed by atoms with E-state index in [1.54, 1.807) is 0 Å². The van der Waals surface area contributed by atoms with Gasteiger partial charge in [0, 0.05) is 12.1 Å². The maximum Gasteiger partial charge on any atom is 0.00967 e. The van der Waals surface area contributed by atoms with Crippen LogP contribution < -0.4 is 5.32 Å². The van der Waals surface area contributed by atoms with Gasteiger partial charge in [-0.05, 0) is 64.1 Å². The first kappa shape index (κ1) is 13.4. The van der Waals surface area contributed by atoms with Crippen molar-refractivity contribution >= 4 is 0 Å². The summed E-state index contributed by atoms with van der Waals surface area (Å²) < 4.78 is 0. The Morgan fingerprint density at radius 2 is 1.94 bits per heavy atom. The molecule has 2 heterocycles. The van der Waals surface area contributed by atoms with E-state index in [1.165, 1.54) is 64.6 Å². The van der Waals surface area contributed by atoms with Crippen molar-refractivity contribution in [2.45, 2.75) is 70.9 Å². The molecule has 2 aliphatic heterocycles. The highest BCUT2D eigenvalue weighted by molar-refractivity contribution is 4.87. The van der Waals surface area contributed by atoms with Crippen molar-refractivity contribution < 1.29 is 0 Å². The van der Waals surface area contributed by atoms with Crippen LogP contribution in [0.15, 0.2) is 0 Å². The molecule has 2 nitrogen and oxygen atoms in total. The average molecular weight is 238 g/mol. The summed E-state index contributed by atoms with van der Waals surface area (Å²) in [5.74, 6) is 0.966. The van der Waals surface area contributed by atoms with E-state index in [0.29, 0.717) is 0 Å². The molecule has 0 amide bonds. The van der Waals surface area contributed by atoms with Crippen LogP contribution in [-0.2, 0) is 0 Å². The van der Waals surface area contributed by atoms with Crippen LogP contribution in [0.1, 0.15) is 58.8 Å². The number of piperidine rings is 1. The zero-order chi connectivity index (χ0) is 12.1. The van der Waals surface area contributed by atoms with Crippen LogP contribution in [0, 0.1) is 5.92 Å². The summed E-state index contributed by atoms with van der Waals surface area (Å²) >= 11 is 0. The second-order valence-corrected chi connectivity index (χ2v) is 5.93. The Labute approximate surface area is 107 Å². The van der Waals surface area contributed by atoms with Crippen LogP contribution in [0.5, 0.6) is 0 Å². The fraction of sp³-hybridized carbons (Fsp3) is 1.00. The van der Waals surface area contributed by atoms with E-state index in [4.69, 9.17) is 0 Å². The Hall–Kier alpha value is -0.0800. The maximum atomic E-state index is 3.69. The number of hydrogen-bond acceptors (Lipinski definition) is 2. The first-order valence-electron chi connectivity index (χ1n) is 7.82. The van der Waals surface area contributed by atoms with Gasteiger partial charge >= 0.3 is 0 Å². The molecule has 17 heavy (non-hydrogen) atoms. The van der Waals surface area contributed by atoms with Gasteiger partial charge in [0.1, 0.15) is 0 Å². The molecule has 0 saturated carbocycles. The molecule has 1 N–H and O–H groups in total. The van der Waals surface area contributed by atoms with Gasteiger partial charge in [0.2, 0.25) is 0 Å². The number of hydrogen-bond donors (Lipinski definition) is 1. The van der Waals surface area contributed by atoms with Crippen molar-refractivity contribution in [3.05, 3.63) is 0 Å². The maximum absolute atomic E-state index is 3.69. The van der Waals surface area contributed by atoms with Crippen molar-refractivity contribution in [3.63, 3.8) is 0 Å². The van der Waals surface area contributed by atoms with Crippen LogP contribution in [0.3, 0.4) is 0 Å².